The second-order valence-corrected chi connectivity index (χ2v) is 3.71. The summed E-state index contributed by atoms with van der Waals surface area (Å²) in [7, 11) is 1.56. The smallest absolute Gasteiger partial charge is 0.250 e. The first-order valence-corrected chi connectivity index (χ1v) is 5.11. The number of carbonyl (C=O) groups excluding carboxylic acids is 1. The van der Waals surface area contributed by atoms with Gasteiger partial charge in [0.1, 0.15) is 5.82 Å². The van der Waals surface area contributed by atoms with E-state index < -0.39 is 11.7 Å². The van der Waals surface area contributed by atoms with E-state index in [4.69, 9.17) is 16.2 Å². The summed E-state index contributed by atoms with van der Waals surface area (Å²) in [6, 6.07) is 2.37. The lowest BCUT2D eigenvalue weighted by atomic mass is 10.1. The number of primary amides is 1. The number of nitrogens with two attached hydrogens (primary N) is 2. The number of hydrogen-bond acceptors (Lipinski definition) is 4. The molecule has 0 aliphatic carbocycles. The van der Waals surface area contributed by atoms with Crippen LogP contribution in [0.3, 0.4) is 0 Å². The first kappa shape index (κ1) is 13.2. The number of nitrogen functional groups attached to an aromatic ring is 1. The number of anilines is 2. The maximum absolute atomic E-state index is 13.5. The molecule has 0 aliphatic rings. The molecule has 0 fully saturated rings. The summed E-state index contributed by atoms with van der Waals surface area (Å²) in [4.78, 5) is 11.0. The molecule has 0 saturated heterocycles. The van der Waals surface area contributed by atoms with Crippen molar-refractivity contribution in [2.45, 2.75) is 13.0 Å². The predicted octanol–water partition coefficient (Wildman–Crippen LogP) is 0.954. The molecule has 0 spiro atoms. The third-order valence-electron chi connectivity index (χ3n) is 2.39. The van der Waals surface area contributed by atoms with Crippen LogP contribution < -0.4 is 16.8 Å². The second kappa shape index (κ2) is 5.49. The molecule has 5 N–H and O–H groups in total. The molecule has 0 bridgehead atoms. The molecule has 1 aromatic rings. The van der Waals surface area contributed by atoms with Crippen LogP contribution in [0.15, 0.2) is 12.1 Å². The Balaban J connectivity index is 2.92. The van der Waals surface area contributed by atoms with Crippen LogP contribution in [0.5, 0.6) is 0 Å². The van der Waals surface area contributed by atoms with Gasteiger partial charge in [-0.3, -0.25) is 4.79 Å². The van der Waals surface area contributed by atoms with Gasteiger partial charge >= 0.3 is 0 Å². The van der Waals surface area contributed by atoms with Crippen LogP contribution in [0.4, 0.5) is 15.8 Å². The predicted molar refractivity (Wildman–Crippen MR) is 64.3 cm³/mol. The highest BCUT2D eigenvalue weighted by Gasteiger charge is 2.12. The summed E-state index contributed by atoms with van der Waals surface area (Å²) in [5.41, 5.74) is 10.9. The minimum Gasteiger partial charge on any atom is -0.398 e. The maximum Gasteiger partial charge on any atom is 0.250 e. The Hall–Kier alpha value is -1.82. The van der Waals surface area contributed by atoms with Gasteiger partial charge in [0.15, 0.2) is 0 Å². The molecule has 5 nitrogen and oxygen atoms in total. The Bertz CT molecular complexity index is 423. The zero-order valence-corrected chi connectivity index (χ0v) is 9.79. The van der Waals surface area contributed by atoms with Gasteiger partial charge in [-0.05, 0) is 19.1 Å². The van der Waals surface area contributed by atoms with Crippen molar-refractivity contribution < 1.29 is 13.9 Å². The highest BCUT2D eigenvalue weighted by molar-refractivity contribution is 5.99. The number of rotatable bonds is 5. The van der Waals surface area contributed by atoms with Crippen molar-refractivity contribution >= 4 is 17.3 Å². The molecular formula is C11H16FN3O2. The summed E-state index contributed by atoms with van der Waals surface area (Å²) >= 11 is 0. The highest BCUT2D eigenvalue weighted by Crippen LogP contribution is 2.21. The Kier molecular flexibility index (Phi) is 4.28. The standard InChI is InChI=1S/C11H16FN3O2/c1-6(17-2)5-15-10-3-7(11(14)16)9(13)4-8(10)12/h3-4,6,15H,5,13H2,1-2H3,(H2,14,16). The number of halogens is 1. The van der Waals surface area contributed by atoms with E-state index in [9.17, 15) is 9.18 Å². The number of nitrogens with one attached hydrogen (secondary N) is 1. The Morgan fingerprint density at radius 1 is 1.59 bits per heavy atom. The van der Waals surface area contributed by atoms with Gasteiger partial charge in [-0.25, -0.2) is 4.39 Å². The van der Waals surface area contributed by atoms with E-state index in [0.717, 1.165) is 6.07 Å². The van der Waals surface area contributed by atoms with E-state index in [2.05, 4.69) is 5.32 Å². The van der Waals surface area contributed by atoms with E-state index in [1.807, 2.05) is 6.92 Å². The summed E-state index contributed by atoms with van der Waals surface area (Å²) in [5.74, 6) is -1.22. The quantitative estimate of drug-likeness (QED) is 0.669. The van der Waals surface area contributed by atoms with E-state index in [1.165, 1.54) is 6.07 Å². The van der Waals surface area contributed by atoms with E-state index >= 15 is 0 Å². The summed E-state index contributed by atoms with van der Waals surface area (Å²) in [6.07, 6.45) is -0.0796. The second-order valence-electron chi connectivity index (χ2n) is 3.71. The lowest BCUT2D eigenvalue weighted by molar-refractivity contribution is 0.100. The topological polar surface area (TPSA) is 90.4 Å². The molecule has 0 aromatic heterocycles. The van der Waals surface area contributed by atoms with Gasteiger partial charge in [-0.2, -0.15) is 0 Å². The lowest BCUT2D eigenvalue weighted by Gasteiger charge is -2.13. The fraction of sp³-hybridized carbons (Fsp3) is 0.364. The van der Waals surface area contributed by atoms with Crippen LogP contribution in [0.25, 0.3) is 0 Å². The van der Waals surface area contributed by atoms with Gasteiger partial charge in [0.25, 0.3) is 5.91 Å². The number of hydrogen-bond donors (Lipinski definition) is 3. The van der Waals surface area contributed by atoms with Crippen LogP contribution in [-0.2, 0) is 4.74 Å². The molecule has 94 valence electrons. The zero-order valence-electron chi connectivity index (χ0n) is 9.79. The average molecular weight is 241 g/mol. The fourth-order valence-corrected chi connectivity index (χ4v) is 1.27. The van der Waals surface area contributed by atoms with Crippen molar-refractivity contribution in [3.63, 3.8) is 0 Å². The van der Waals surface area contributed by atoms with Crippen molar-refractivity contribution in [3.8, 4) is 0 Å². The van der Waals surface area contributed by atoms with Crippen molar-refractivity contribution in [2.24, 2.45) is 5.73 Å². The molecule has 0 saturated carbocycles. The first-order chi connectivity index (χ1) is 7.95. The normalized spacial score (nSPS) is 12.2. The molecule has 0 heterocycles. The molecule has 1 unspecified atom stereocenters. The average Bonchev–Trinajstić information content (AvgIpc) is 2.26. The molecule has 1 rings (SSSR count). The third kappa shape index (κ3) is 3.32. The molecule has 1 aromatic carbocycles. The highest BCUT2D eigenvalue weighted by atomic mass is 19.1. The van der Waals surface area contributed by atoms with Crippen molar-refractivity contribution in [2.75, 3.05) is 24.7 Å². The summed E-state index contributed by atoms with van der Waals surface area (Å²) < 4.78 is 18.5. The number of benzene rings is 1. The molecule has 6 heteroatoms. The SMILES string of the molecule is COC(C)CNc1cc(C(N)=O)c(N)cc1F. The van der Waals surface area contributed by atoms with Crippen LogP contribution in [0.1, 0.15) is 17.3 Å². The number of amides is 1. The molecule has 0 radical (unpaired) electrons. The van der Waals surface area contributed by atoms with Crippen LogP contribution in [-0.4, -0.2) is 25.7 Å². The zero-order chi connectivity index (χ0) is 13.0. The summed E-state index contributed by atoms with van der Waals surface area (Å²) in [5, 5.41) is 2.82. The van der Waals surface area contributed by atoms with Crippen molar-refractivity contribution in [3.05, 3.63) is 23.5 Å². The monoisotopic (exact) mass is 241 g/mol. The Morgan fingerprint density at radius 2 is 2.24 bits per heavy atom. The number of ether oxygens (including phenoxy) is 1. The molecule has 0 aliphatic heterocycles. The molecular weight excluding hydrogens is 225 g/mol. The number of carbonyl (C=O) groups is 1. The fourth-order valence-electron chi connectivity index (χ4n) is 1.27. The largest absolute Gasteiger partial charge is 0.398 e. The van der Waals surface area contributed by atoms with Gasteiger partial charge in [0.05, 0.1) is 17.4 Å². The van der Waals surface area contributed by atoms with Crippen LogP contribution in [0.2, 0.25) is 0 Å². The van der Waals surface area contributed by atoms with Crippen molar-refractivity contribution in [1.29, 1.82) is 0 Å². The number of methoxy groups -OCH3 is 1. The van der Waals surface area contributed by atoms with Crippen LogP contribution >= 0.6 is 0 Å². The Labute approximate surface area is 98.9 Å². The maximum atomic E-state index is 13.5. The minimum absolute atomic E-state index is 0.0281. The van der Waals surface area contributed by atoms with Gasteiger partial charge in [0, 0.05) is 19.3 Å². The van der Waals surface area contributed by atoms with Gasteiger partial charge in [-0.1, -0.05) is 0 Å². The van der Waals surface area contributed by atoms with E-state index in [1.54, 1.807) is 7.11 Å². The minimum atomic E-state index is -0.690. The first-order valence-electron chi connectivity index (χ1n) is 5.11. The Morgan fingerprint density at radius 3 is 2.76 bits per heavy atom. The lowest BCUT2D eigenvalue weighted by Crippen LogP contribution is -2.20. The van der Waals surface area contributed by atoms with Gasteiger partial charge < -0.3 is 21.5 Å². The van der Waals surface area contributed by atoms with E-state index in [0.29, 0.717) is 6.54 Å². The van der Waals surface area contributed by atoms with E-state index in [-0.39, 0.29) is 23.0 Å². The summed E-state index contributed by atoms with van der Waals surface area (Å²) in [6.45, 7) is 2.24. The third-order valence-corrected chi connectivity index (χ3v) is 2.39. The van der Waals surface area contributed by atoms with Crippen molar-refractivity contribution in [1.82, 2.24) is 0 Å². The van der Waals surface area contributed by atoms with Crippen LogP contribution in [0, 0.1) is 5.82 Å². The molecule has 1 amide bonds. The molecule has 17 heavy (non-hydrogen) atoms. The van der Waals surface area contributed by atoms with Gasteiger partial charge in [-0.15, -0.1) is 0 Å². The van der Waals surface area contributed by atoms with Gasteiger partial charge in [0.2, 0.25) is 0 Å². The molecule has 1 atom stereocenters.